The molecule has 1 atom stereocenters. The van der Waals surface area contributed by atoms with Gasteiger partial charge in [-0.2, -0.15) is 5.10 Å². The van der Waals surface area contributed by atoms with E-state index in [1.165, 1.54) is 4.90 Å². The molecular formula is C37H41F3N6O4. The number of rotatable bonds is 9. The number of nitrogens with zero attached hydrogens (tertiary/aromatic N) is 6. The summed E-state index contributed by atoms with van der Waals surface area (Å²) in [4.78, 5) is 50.1. The van der Waals surface area contributed by atoms with Crippen LogP contribution in [0.4, 0.5) is 18.0 Å². The lowest BCUT2D eigenvalue weighted by Crippen LogP contribution is -2.52. The molecule has 1 fully saturated rings. The van der Waals surface area contributed by atoms with Gasteiger partial charge in [-0.25, -0.2) is 23.2 Å². The molecular weight excluding hydrogens is 649 g/mol. The molecule has 4 amide bonds. The number of benzene rings is 3. The maximum atomic E-state index is 15.1. The van der Waals surface area contributed by atoms with Crippen molar-refractivity contribution in [1.82, 2.24) is 29.5 Å². The molecule has 0 spiro atoms. The van der Waals surface area contributed by atoms with Crippen molar-refractivity contribution >= 4 is 17.8 Å². The normalized spacial score (nSPS) is 15.0. The van der Waals surface area contributed by atoms with E-state index in [0.717, 1.165) is 23.8 Å². The van der Waals surface area contributed by atoms with Gasteiger partial charge in [-0.3, -0.25) is 18.9 Å². The second-order valence-corrected chi connectivity index (χ2v) is 13.1. The second kappa shape index (κ2) is 15.7. The summed E-state index contributed by atoms with van der Waals surface area (Å²) >= 11 is 0. The average molecular weight is 691 g/mol. The van der Waals surface area contributed by atoms with Crippen molar-refractivity contribution in [3.8, 4) is 11.4 Å². The number of hydrogen-bond acceptors (Lipinski definition) is 6. The van der Waals surface area contributed by atoms with Crippen molar-refractivity contribution in [2.45, 2.75) is 39.8 Å². The van der Waals surface area contributed by atoms with E-state index >= 15 is 4.39 Å². The highest BCUT2D eigenvalue weighted by Crippen LogP contribution is 2.39. The van der Waals surface area contributed by atoms with E-state index in [1.807, 2.05) is 51.1 Å². The predicted molar refractivity (Wildman–Crippen MR) is 181 cm³/mol. The van der Waals surface area contributed by atoms with Crippen LogP contribution in [0.1, 0.15) is 65.3 Å². The van der Waals surface area contributed by atoms with Gasteiger partial charge in [-0.05, 0) is 47.7 Å². The van der Waals surface area contributed by atoms with Crippen LogP contribution in [-0.2, 0) is 11.3 Å². The smallest absolute Gasteiger partial charge is 0.320 e. The molecule has 1 aromatic heterocycles. The van der Waals surface area contributed by atoms with Gasteiger partial charge in [0.05, 0.1) is 49.7 Å². The van der Waals surface area contributed by atoms with Crippen LogP contribution < -0.4 is 0 Å². The quantitative estimate of drug-likeness (QED) is 0.189. The Labute approximate surface area is 289 Å². The van der Waals surface area contributed by atoms with Gasteiger partial charge < -0.3 is 14.5 Å². The van der Waals surface area contributed by atoms with Crippen molar-refractivity contribution in [1.29, 1.82) is 0 Å². The van der Waals surface area contributed by atoms with Crippen molar-refractivity contribution in [3.05, 3.63) is 107 Å². The molecule has 0 aliphatic carbocycles. The van der Waals surface area contributed by atoms with Crippen LogP contribution in [0.3, 0.4) is 0 Å². The van der Waals surface area contributed by atoms with Crippen LogP contribution in [0.25, 0.3) is 11.4 Å². The summed E-state index contributed by atoms with van der Waals surface area (Å²) in [5.74, 6) is -1.63. The van der Waals surface area contributed by atoms with Crippen LogP contribution in [0.5, 0.6) is 0 Å². The molecule has 1 saturated heterocycles. The number of hydrogen-bond donors (Lipinski definition) is 0. The molecule has 10 nitrogen and oxygen atoms in total. The Hall–Kier alpha value is -5.04. The Kier molecular flexibility index (Phi) is 11.4. The molecule has 1 unspecified atom stereocenters. The van der Waals surface area contributed by atoms with E-state index in [0.29, 0.717) is 56.9 Å². The molecule has 13 heteroatoms. The van der Waals surface area contributed by atoms with Crippen molar-refractivity contribution in [2.24, 2.45) is 5.41 Å². The van der Waals surface area contributed by atoms with Gasteiger partial charge in [-0.1, -0.05) is 63.2 Å². The molecule has 6 rings (SSSR count). The maximum absolute atomic E-state index is 15.1. The van der Waals surface area contributed by atoms with E-state index in [9.17, 15) is 23.2 Å². The number of imide groups is 1. The minimum atomic E-state index is -0.698. The van der Waals surface area contributed by atoms with Gasteiger partial charge in [0, 0.05) is 26.2 Å². The first-order valence-corrected chi connectivity index (χ1v) is 16.4. The zero-order chi connectivity index (χ0) is 36.0. The highest BCUT2D eigenvalue weighted by Gasteiger charge is 2.41. The number of amides is 4. The zero-order valence-corrected chi connectivity index (χ0v) is 28.6. The highest BCUT2D eigenvalue weighted by molar-refractivity contribution is 6.21. The summed E-state index contributed by atoms with van der Waals surface area (Å²) in [5, 5.41) is 4.68. The number of urea groups is 1. The Morgan fingerprint density at radius 3 is 2.14 bits per heavy atom. The lowest BCUT2D eigenvalue weighted by molar-refractivity contribution is 0.0274. The molecule has 0 bridgehead atoms. The molecule has 3 heterocycles. The molecule has 2 aliphatic rings. The lowest BCUT2D eigenvalue weighted by Gasteiger charge is -2.42. The average Bonchev–Trinajstić information content (AvgIpc) is 3.63. The number of aromatic nitrogens is 3. The minimum absolute atomic E-state index is 0.00280. The van der Waals surface area contributed by atoms with Gasteiger partial charge in [-0.15, -0.1) is 0 Å². The molecule has 3 aromatic carbocycles. The first kappa shape index (κ1) is 36.2. The Bertz CT molecular complexity index is 1790. The number of halogens is 3. The van der Waals surface area contributed by atoms with Crippen LogP contribution in [0.2, 0.25) is 0 Å². The standard InChI is InChI=1S/C36H38F2N6O4.CH3F/c1-36(2,3)30(32-39-31(28-22-25(37)14-15-29(28)38)40-44(32)23-24-10-5-4-6-11-24)42(35(47)41-18-20-48-21-19-41)16-9-17-43-33(45)26-12-7-8-13-27(26)34(43)46;1-2/h4-8,10-15,22,30H,9,16-21,23H2,1-3H3;1H3. The van der Waals surface area contributed by atoms with Crippen molar-refractivity contribution < 1.29 is 32.3 Å². The van der Waals surface area contributed by atoms with Crippen LogP contribution in [-0.4, -0.2) is 93.9 Å². The van der Waals surface area contributed by atoms with Gasteiger partial charge >= 0.3 is 6.03 Å². The third kappa shape index (κ3) is 7.72. The fraction of sp³-hybridized carbons (Fsp3) is 0.378. The van der Waals surface area contributed by atoms with Gasteiger partial charge in [0.25, 0.3) is 11.8 Å². The molecule has 0 N–H and O–H groups in total. The maximum Gasteiger partial charge on any atom is 0.320 e. The Balaban J connectivity index is 0.00000239. The third-order valence-corrected chi connectivity index (χ3v) is 8.61. The van der Waals surface area contributed by atoms with E-state index in [2.05, 4.69) is 5.10 Å². The SMILES string of the molecule is CC(C)(C)C(c1nc(-c2cc(F)ccc2F)nn1Cc1ccccc1)N(CCCN1C(=O)c2ccccc2C1=O)C(=O)N1CCOCC1.CF. The Morgan fingerprint density at radius 2 is 1.52 bits per heavy atom. The molecule has 0 saturated carbocycles. The Morgan fingerprint density at radius 1 is 0.900 bits per heavy atom. The first-order chi connectivity index (χ1) is 24.0. The van der Waals surface area contributed by atoms with Gasteiger partial charge in [0.15, 0.2) is 11.6 Å². The molecule has 2 aliphatic heterocycles. The van der Waals surface area contributed by atoms with E-state index in [-0.39, 0.29) is 48.9 Å². The lowest BCUT2D eigenvalue weighted by atomic mass is 9.84. The number of alkyl halides is 1. The minimum Gasteiger partial charge on any atom is -0.378 e. The van der Waals surface area contributed by atoms with E-state index < -0.39 is 23.1 Å². The first-order valence-electron chi connectivity index (χ1n) is 16.4. The molecule has 50 heavy (non-hydrogen) atoms. The summed E-state index contributed by atoms with van der Waals surface area (Å²) in [6.45, 7) is 8.04. The van der Waals surface area contributed by atoms with Crippen molar-refractivity contribution in [3.63, 3.8) is 0 Å². The van der Waals surface area contributed by atoms with Crippen LogP contribution >= 0.6 is 0 Å². The summed E-state index contributed by atoms with van der Waals surface area (Å²) in [7, 11) is 0.500. The number of fused-ring (bicyclic) bond motifs is 1. The summed E-state index contributed by atoms with van der Waals surface area (Å²) in [5.41, 5.74) is 0.910. The largest absolute Gasteiger partial charge is 0.378 e. The second-order valence-electron chi connectivity index (χ2n) is 13.1. The molecule has 264 valence electrons. The van der Waals surface area contributed by atoms with Gasteiger partial charge in [0.1, 0.15) is 11.6 Å². The van der Waals surface area contributed by atoms with Gasteiger partial charge in [0.2, 0.25) is 0 Å². The van der Waals surface area contributed by atoms with Crippen LogP contribution in [0.15, 0.2) is 72.8 Å². The summed E-state index contributed by atoms with van der Waals surface area (Å²) in [6, 6.07) is 18.5. The van der Waals surface area contributed by atoms with E-state index in [4.69, 9.17) is 9.72 Å². The van der Waals surface area contributed by atoms with Crippen molar-refractivity contribution in [2.75, 3.05) is 46.6 Å². The predicted octanol–water partition coefficient (Wildman–Crippen LogP) is 6.39. The monoisotopic (exact) mass is 690 g/mol. The summed E-state index contributed by atoms with van der Waals surface area (Å²) in [6.07, 6.45) is 0.298. The zero-order valence-electron chi connectivity index (χ0n) is 28.6. The fourth-order valence-electron chi connectivity index (χ4n) is 6.32. The van der Waals surface area contributed by atoms with Crippen LogP contribution in [0, 0.1) is 17.0 Å². The summed E-state index contributed by atoms with van der Waals surface area (Å²) < 4.78 is 46.1. The number of carbonyl (C=O) groups is 3. The third-order valence-electron chi connectivity index (χ3n) is 8.61. The fourth-order valence-corrected chi connectivity index (χ4v) is 6.32. The molecule has 0 radical (unpaired) electrons. The molecule has 4 aromatic rings. The number of morpholine rings is 1. The topological polar surface area (TPSA) is 101 Å². The highest BCUT2D eigenvalue weighted by atomic mass is 19.1. The van der Waals surface area contributed by atoms with E-state index in [1.54, 1.807) is 38.7 Å². The number of ether oxygens (including phenoxy) is 1. The number of carbonyl (C=O) groups excluding carboxylic acids is 3.